The number of ether oxygens (including phenoxy) is 1. The summed E-state index contributed by atoms with van der Waals surface area (Å²) in [7, 11) is -1.79. The first-order chi connectivity index (χ1) is 9.94. The molecule has 1 aromatic carbocycles. The van der Waals surface area contributed by atoms with Crippen LogP contribution in [0.25, 0.3) is 0 Å². The van der Waals surface area contributed by atoms with Gasteiger partial charge in [0.25, 0.3) is 0 Å². The Kier molecular flexibility index (Phi) is 4.72. The van der Waals surface area contributed by atoms with Gasteiger partial charge in [-0.25, -0.2) is 8.42 Å². The summed E-state index contributed by atoms with van der Waals surface area (Å²) in [6.45, 7) is 0.194. The van der Waals surface area contributed by atoms with Crippen LogP contribution in [0.1, 0.15) is 24.8 Å². The summed E-state index contributed by atoms with van der Waals surface area (Å²) >= 11 is 0. The molecule has 0 bridgehead atoms. The van der Waals surface area contributed by atoms with Crippen LogP contribution in [0, 0.1) is 0 Å². The molecule has 1 aliphatic heterocycles. The van der Waals surface area contributed by atoms with Gasteiger partial charge in [-0.2, -0.15) is 0 Å². The molecule has 1 fully saturated rings. The number of nitrogen functional groups attached to an aromatic ring is 1. The minimum absolute atomic E-state index is 0.0900. The van der Waals surface area contributed by atoms with Crippen LogP contribution in [0.4, 0.5) is 5.69 Å². The number of rotatable bonds is 4. The SMILES string of the molecule is COc1ccc(N)cc1CNC(=O)C1CCCCS1(=O)=O. The van der Waals surface area contributed by atoms with E-state index in [2.05, 4.69) is 5.32 Å². The molecule has 0 spiro atoms. The van der Waals surface area contributed by atoms with Crippen molar-refractivity contribution >= 4 is 21.4 Å². The van der Waals surface area contributed by atoms with E-state index in [0.717, 1.165) is 12.0 Å². The Labute approximate surface area is 124 Å². The number of carbonyl (C=O) groups is 1. The molecule has 6 nitrogen and oxygen atoms in total. The molecule has 1 saturated heterocycles. The number of nitrogens with one attached hydrogen (secondary N) is 1. The van der Waals surface area contributed by atoms with Crippen molar-refractivity contribution in [2.75, 3.05) is 18.6 Å². The van der Waals surface area contributed by atoms with Crippen LogP contribution in [0.15, 0.2) is 18.2 Å². The first-order valence-corrected chi connectivity index (χ1v) is 8.57. The number of methoxy groups -OCH3 is 1. The summed E-state index contributed by atoms with van der Waals surface area (Å²) in [5, 5.41) is 1.74. The zero-order chi connectivity index (χ0) is 15.5. The van der Waals surface area contributed by atoms with Crippen LogP contribution in [-0.4, -0.2) is 32.4 Å². The molecule has 7 heteroatoms. The predicted molar refractivity (Wildman–Crippen MR) is 80.7 cm³/mol. The van der Waals surface area contributed by atoms with E-state index in [9.17, 15) is 13.2 Å². The number of hydrogen-bond donors (Lipinski definition) is 2. The Balaban J connectivity index is 2.06. The van der Waals surface area contributed by atoms with E-state index in [1.807, 2.05) is 0 Å². The van der Waals surface area contributed by atoms with Gasteiger partial charge in [0, 0.05) is 17.8 Å². The molecule has 116 valence electrons. The number of benzene rings is 1. The quantitative estimate of drug-likeness (QED) is 0.804. The van der Waals surface area contributed by atoms with E-state index < -0.39 is 21.0 Å². The molecule has 21 heavy (non-hydrogen) atoms. The van der Waals surface area contributed by atoms with Gasteiger partial charge >= 0.3 is 0 Å². The highest BCUT2D eigenvalue weighted by Gasteiger charge is 2.34. The summed E-state index contributed by atoms with van der Waals surface area (Å²) in [5.41, 5.74) is 6.99. The number of nitrogens with two attached hydrogens (primary N) is 1. The Morgan fingerprint density at radius 2 is 2.19 bits per heavy atom. The molecule has 1 unspecified atom stereocenters. The highest BCUT2D eigenvalue weighted by molar-refractivity contribution is 7.92. The maximum absolute atomic E-state index is 12.1. The van der Waals surface area contributed by atoms with E-state index >= 15 is 0 Å². The van der Waals surface area contributed by atoms with Crippen molar-refractivity contribution in [2.45, 2.75) is 31.1 Å². The number of anilines is 1. The molecule has 2 rings (SSSR count). The van der Waals surface area contributed by atoms with Crippen molar-refractivity contribution in [1.82, 2.24) is 5.32 Å². The maximum Gasteiger partial charge on any atom is 0.238 e. The molecule has 0 aliphatic carbocycles. The van der Waals surface area contributed by atoms with Crippen LogP contribution in [0.5, 0.6) is 5.75 Å². The maximum atomic E-state index is 12.1. The lowest BCUT2D eigenvalue weighted by molar-refractivity contribution is -0.121. The molecule has 0 saturated carbocycles. The fraction of sp³-hybridized carbons (Fsp3) is 0.500. The molecule has 3 N–H and O–H groups in total. The van der Waals surface area contributed by atoms with Gasteiger partial charge in [0.05, 0.1) is 12.9 Å². The summed E-state index contributed by atoms with van der Waals surface area (Å²) < 4.78 is 29.0. The first-order valence-electron chi connectivity index (χ1n) is 6.85. The van der Waals surface area contributed by atoms with Gasteiger partial charge in [0.2, 0.25) is 5.91 Å². The molecule has 1 atom stereocenters. The fourth-order valence-electron chi connectivity index (χ4n) is 2.48. The van der Waals surface area contributed by atoms with Gasteiger partial charge in [-0.3, -0.25) is 4.79 Å². The molecule has 0 radical (unpaired) electrons. The molecule has 1 aromatic rings. The lowest BCUT2D eigenvalue weighted by atomic mass is 10.1. The molecular formula is C14H20N2O4S. The minimum Gasteiger partial charge on any atom is -0.496 e. The van der Waals surface area contributed by atoms with Crippen LogP contribution in [-0.2, 0) is 21.2 Å². The molecule has 1 aliphatic rings. The third kappa shape index (κ3) is 3.66. The zero-order valence-corrected chi connectivity index (χ0v) is 12.8. The molecule has 1 amide bonds. The first kappa shape index (κ1) is 15.6. The van der Waals surface area contributed by atoms with E-state index in [4.69, 9.17) is 10.5 Å². The summed E-state index contributed by atoms with van der Waals surface area (Å²) in [6, 6.07) is 5.12. The van der Waals surface area contributed by atoms with Gasteiger partial charge in [-0.05, 0) is 31.0 Å². The van der Waals surface area contributed by atoms with E-state index in [0.29, 0.717) is 24.3 Å². The van der Waals surface area contributed by atoms with E-state index in [1.165, 1.54) is 7.11 Å². The lowest BCUT2D eigenvalue weighted by Crippen LogP contribution is -2.42. The van der Waals surface area contributed by atoms with Crippen molar-refractivity contribution in [3.63, 3.8) is 0 Å². The largest absolute Gasteiger partial charge is 0.496 e. The third-order valence-electron chi connectivity index (χ3n) is 3.63. The van der Waals surface area contributed by atoms with Crippen LogP contribution < -0.4 is 15.8 Å². The Morgan fingerprint density at radius 1 is 1.43 bits per heavy atom. The van der Waals surface area contributed by atoms with Crippen molar-refractivity contribution in [3.8, 4) is 5.75 Å². The third-order valence-corrected chi connectivity index (χ3v) is 5.80. The number of amides is 1. The predicted octanol–water partition coefficient (Wildman–Crippen LogP) is 0.861. The zero-order valence-electron chi connectivity index (χ0n) is 12.0. The number of hydrogen-bond acceptors (Lipinski definition) is 5. The minimum atomic E-state index is -3.32. The lowest BCUT2D eigenvalue weighted by Gasteiger charge is -2.21. The van der Waals surface area contributed by atoms with Crippen LogP contribution in [0.3, 0.4) is 0 Å². The van der Waals surface area contributed by atoms with Gasteiger partial charge in [0.1, 0.15) is 11.0 Å². The average molecular weight is 312 g/mol. The van der Waals surface area contributed by atoms with Gasteiger partial charge < -0.3 is 15.8 Å². The summed E-state index contributed by atoms with van der Waals surface area (Å²) in [4.78, 5) is 12.1. The fourth-order valence-corrected chi connectivity index (χ4v) is 4.31. The standard InChI is InChI=1S/C14H20N2O4S/c1-20-12-6-5-11(15)8-10(12)9-16-14(17)13-4-2-3-7-21(13,18)19/h5-6,8,13H,2-4,7,9,15H2,1H3,(H,16,17). The van der Waals surface area contributed by atoms with Crippen LogP contribution >= 0.6 is 0 Å². The topological polar surface area (TPSA) is 98.5 Å². The molecular weight excluding hydrogens is 292 g/mol. The van der Waals surface area contributed by atoms with Gasteiger partial charge in [-0.1, -0.05) is 6.42 Å². The Hall–Kier alpha value is -1.76. The summed E-state index contributed by atoms with van der Waals surface area (Å²) in [6.07, 6.45) is 1.79. The summed E-state index contributed by atoms with van der Waals surface area (Å²) in [5.74, 6) is 0.252. The van der Waals surface area contributed by atoms with Crippen molar-refractivity contribution in [1.29, 1.82) is 0 Å². The second kappa shape index (κ2) is 6.34. The smallest absolute Gasteiger partial charge is 0.238 e. The van der Waals surface area contributed by atoms with Gasteiger partial charge in [0.15, 0.2) is 9.84 Å². The van der Waals surface area contributed by atoms with Crippen molar-refractivity contribution in [2.24, 2.45) is 0 Å². The van der Waals surface area contributed by atoms with Crippen molar-refractivity contribution in [3.05, 3.63) is 23.8 Å². The van der Waals surface area contributed by atoms with E-state index in [-0.39, 0.29) is 12.3 Å². The van der Waals surface area contributed by atoms with Gasteiger partial charge in [-0.15, -0.1) is 0 Å². The second-order valence-electron chi connectivity index (χ2n) is 5.14. The highest BCUT2D eigenvalue weighted by Crippen LogP contribution is 2.22. The monoisotopic (exact) mass is 312 g/mol. The Bertz CT molecular complexity index is 628. The second-order valence-corrected chi connectivity index (χ2v) is 7.44. The average Bonchev–Trinajstić information content (AvgIpc) is 2.44. The molecule has 0 aromatic heterocycles. The highest BCUT2D eigenvalue weighted by atomic mass is 32.2. The molecule has 1 heterocycles. The normalized spacial score (nSPS) is 20.7. The van der Waals surface area contributed by atoms with Crippen LogP contribution in [0.2, 0.25) is 0 Å². The van der Waals surface area contributed by atoms with Crippen molar-refractivity contribution < 1.29 is 17.9 Å². The number of carbonyl (C=O) groups excluding carboxylic acids is 1. The van der Waals surface area contributed by atoms with E-state index in [1.54, 1.807) is 18.2 Å². The Morgan fingerprint density at radius 3 is 2.86 bits per heavy atom. The number of sulfone groups is 1.